The van der Waals surface area contributed by atoms with Crippen molar-refractivity contribution in [3.05, 3.63) is 29.1 Å². The maximum Gasteiger partial charge on any atom is 0.460 e. The topological polar surface area (TPSA) is 46.2 Å². The first-order valence-electron chi connectivity index (χ1n) is 5.89. The van der Waals surface area contributed by atoms with E-state index >= 15 is 0 Å². The average Bonchev–Trinajstić information content (AvgIpc) is 2.53. The maximum absolute atomic E-state index is 13.3. The lowest BCUT2D eigenvalue weighted by Gasteiger charge is -2.33. The molecule has 0 aliphatic heterocycles. The Balaban J connectivity index is 3.62. The van der Waals surface area contributed by atoms with E-state index in [1.165, 1.54) is 0 Å². The molecule has 0 atom stereocenters. The monoisotopic (exact) mass is 465 g/mol. The van der Waals surface area contributed by atoms with Gasteiger partial charge in [0, 0.05) is 0 Å². The highest BCUT2D eigenvalue weighted by molar-refractivity contribution is 7.93. The van der Waals surface area contributed by atoms with Gasteiger partial charge in [-0.15, -0.1) is 0 Å². The predicted octanol–water partition coefficient (Wildman–Crippen LogP) is 4.55. The fourth-order valence-corrected chi connectivity index (χ4v) is 2.46. The average molecular weight is 465 g/mol. The van der Waals surface area contributed by atoms with Gasteiger partial charge in [-0.25, -0.2) is 22.0 Å². The number of hydrogen-bond acceptors (Lipinski definition) is 2. The van der Waals surface area contributed by atoms with Crippen molar-refractivity contribution in [2.24, 2.45) is 0 Å². The van der Waals surface area contributed by atoms with Crippen LogP contribution >= 0.6 is 0 Å². The molecule has 1 aromatic rings. The number of rotatable bonds is 5. The molecule has 0 fully saturated rings. The fraction of sp³-hybridized carbons (Fsp3) is 0.400. The molecule has 28 heavy (non-hydrogen) atoms. The Morgan fingerprint density at radius 3 is 1.21 bits per heavy atom. The summed E-state index contributed by atoms with van der Waals surface area (Å²) in [5.41, 5.74) is -2.93. The van der Waals surface area contributed by atoms with Gasteiger partial charge in [0.1, 0.15) is 5.69 Å². The van der Waals surface area contributed by atoms with E-state index in [1.54, 1.807) is 0 Å². The summed E-state index contributed by atoms with van der Waals surface area (Å²) in [6.45, 7) is 0. The summed E-state index contributed by atoms with van der Waals surface area (Å²) in [6, 6.07) is 0. The minimum atomic E-state index is -7.78. The first kappa shape index (κ1) is 24.0. The first-order chi connectivity index (χ1) is 12.1. The lowest BCUT2D eigenvalue weighted by molar-refractivity contribution is -0.382. The molecule has 0 saturated carbocycles. The number of alkyl halides is 9. The lowest BCUT2D eigenvalue weighted by Crippen LogP contribution is -2.64. The summed E-state index contributed by atoms with van der Waals surface area (Å²) in [7, 11) is -7.65. The third kappa shape index (κ3) is 3.20. The minimum Gasteiger partial charge on any atom is -0.272 e. The molecular weight excluding hydrogens is 464 g/mol. The third-order valence-corrected chi connectivity index (χ3v) is 4.30. The molecule has 0 heterocycles. The van der Waals surface area contributed by atoms with Crippen molar-refractivity contribution in [2.45, 2.75) is 23.3 Å². The molecular formula is C10HF14NO2S. The number of hydrogen-bond donors (Lipinski definition) is 1. The van der Waals surface area contributed by atoms with Gasteiger partial charge in [-0.2, -0.15) is 47.9 Å². The number of sulfonamides is 1. The Morgan fingerprint density at radius 1 is 0.571 bits per heavy atom. The molecule has 1 rings (SSSR count). The minimum absolute atomic E-state index is 0.321. The Bertz CT molecular complexity index is 861. The molecule has 0 spiro atoms. The van der Waals surface area contributed by atoms with Crippen molar-refractivity contribution in [3.63, 3.8) is 0 Å². The van der Waals surface area contributed by atoms with Crippen LogP contribution in [0.5, 0.6) is 0 Å². The maximum atomic E-state index is 13.3. The van der Waals surface area contributed by atoms with E-state index < -0.39 is 68.1 Å². The van der Waals surface area contributed by atoms with Crippen LogP contribution in [-0.2, 0) is 10.0 Å². The van der Waals surface area contributed by atoms with Gasteiger partial charge in [0.05, 0.1) is 0 Å². The molecule has 0 aliphatic carbocycles. The van der Waals surface area contributed by atoms with Crippen molar-refractivity contribution < 1.29 is 69.9 Å². The van der Waals surface area contributed by atoms with E-state index in [2.05, 4.69) is 0 Å². The number of nitrogens with one attached hydrogen (secondary N) is 1. The van der Waals surface area contributed by atoms with Crippen molar-refractivity contribution in [1.82, 2.24) is 0 Å². The number of benzene rings is 1. The van der Waals surface area contributed by atoms with Gasteiger partial charge in [-0.05, 0) is 0 Å². The second kappa shape index (κ2) is 6.51. The summed E-state index contributed by atoms with van der Waals surface area (Å²) >= 11 is 0. The SMILES string of the molecule is O=S(=O)(Nc1c(F)c(F)c(F)c(F)c1F)C(F)(F)C(F)(F)C(F)(F)C(F)(F)F. The highest BCUT2D eigenvalue weighted by Gasteiger charge is 2.85. The van der Waals surface area contributed by atoms with Crippen LogP contribution in [0, 0.1) is 29.1 Å². The molecule has 0 aromatic heterocycles. The van der Waals surface area contributed by atoms with Crippen LogP contribution in [0.2, 0.25) is 0 Å². The Morgan fingerprint density at radius 2 is 0.893 bits per heavy atom. The Labute approximate surface area is 144 Å². The van der Waals surface area contributed by atoms with Gasteiger partial charge < -0.3 is 0 Å². The van der Waals surface area contributed by atoms with Crippen molar-refractivity contribution in [2.75, 3.05) is 4.72 Å². The highest BCUT2D eigenvalue weighted by atomic mass is 32.2. The molecule has 0 radical (unpaired) electrons. The van der Waals surface area contributed by atoms with Crippen LogP contribution < -0.4 is 4.72 Å². The molecule has 0 amide bonds. The van der Waals surface area contributed by atoms with Crippen molar-refractivity contribution in [1.29, 1.82) is 0 Å². The zero-order valence-electron chi connectivity index (χ0n) is 12.0. The lowest BCUT2D eigenvalue weighted by atomic mass is 10.1. The standard InChI is InChI=1S/C10HF14NO2S/c11-1-2(12)4(14)6(5(15)3(1)13)25-28(26,27)10(23,24)8(18,19)7(16,17)9(20,21)22/h25H. The van der Waals surface area contributed by atoms with E-state index in [-0.39, 0.29) is 4.72 Å². The van der Waals surface area contributed by atoms with Crippen LogP contribution in [0.1, 0.15) is 0 Å². The van der Waals surface area contributed by atoms with E-state index in [9.17, 15) is 69.9 Å². The van der Waals surface area contributed by atoms with E-state index in [0.717, 1.165) is 0 Å². The van der Waals surface area contributed by atoms with Gasteiger partial charge >= 0.3 is 33.3 Å². The second-order valence-electron chi connectivity index (χ2n) is 4.71. The fourth-order valence-electron chi connectivity index (χ4n) is 1.42. The Kier molecular flexibility index (Phi) is 5.59. The van der Waals surface area contributed by atoms with E-state index in [1.807, 2.05) is 0 Å². The smallest absolute Gasteiger partial charge is 0.272 e. The van der Waals surface area contributed by atoms with Gasteiger partial charge in [-0.1, -0.05) is 0 Å². The summed E-state index contributed by atoms with van der Waals surface area (Å²) in [6.07, 6.45) is -7.43. The molecule has 0 bridgehead atoms. The van der Waals surface area contributed by atoms with Crippen molar-refractivity contribution in [3.8, 4) is 0 Å². The zero-order chi connectivity index (χ0) is 22.7. The van der Waals surface area contributed by atoms with Crippen molar-refractivity contribution >= 4 is 15.7 Å². The molecule has 3 nitrogen and oxygen atoms in total. The molecule has 1 N–H and O–H groups in total. The summed E-state index contributed by atoms with van der Waals surface area (Å²) in [5, 5.41) is -7.46. The summed E-state index contributed by atoms with van der Waals surface area (Å²) < 4.78 is 201. The first-order valence-corrected chi connectivity index (χ1v) is 7.37. The van der Waals surface area contributed by atoms with Gasteiger partial charge in [0.15, 0.2) is 23.3 Å². The van der Waals surface area contributed by atoms with Crippen LogP contribution in [0.25, 0.3) is 0 Å². The molecule has 162 valence electrons. The predicted molar refractivity (Wildman–Crippen MR) is 59.7 cm³/mol. The van der Waals surface area contributed by atoms with Gasteiger partial charge in [0.25, 0.3) is 0 Å². The van der Waals surface area contributed by atoms with Crippen LogP contribution in [0.3, 0.4) is 0 Å². The molecule has 0 saturated heterocycles. The molecule has 0 unspecified atom stereocenters. The van der Waals surface area contributed by atoms with Crippen LogP contribution in [0.4, 0.5) is 67.2 Å². The molecule has 1 aromatic carbocycles. The van der Waals surface area contributed by atoms with Crippen LogP contribution in [-0.4, -0.2) is 31.7 Å². The summed E-state index contributed by atoms with van der Waals surface area (Å²) in [4.78, 5) is 0. The Hall–Kier alpha value is -2.01. The van der Waals surface area contributed by atoms with Gasteiger partial charge in [0.2, 0.25) is 5.82 Å². The summed E-state index contributed by atoms with van der Waals surface area (Å²) in [5.74, 6) is -30.8. The third-order valence-electron chi connectivity index (χ3n) is 2.90. The van der Waals surface area contributed by atoms with Crippen LogP contribution in [0.15, 0.2) is 0 Å². The van der Waals surface area contributed by atoms with E-state index in [4.69, 9.17) is 0 Å². The highest BCUT2D eigenvalue weighted by Crippen LogP contribution is 2.54. The normalized spacial score (nSPS) is 14.4. The largest absolute Gasteiger partial charge is 0.460 e. The molecule has 18 heteroatoms. The second-order valence-corrected chi connectivity index (χ2v) is 6.44. The number of anilines is 1. The zero-order valence-corrected chi connectivity index (χ0v) is 12.8. The van der Waals surface area contributed by atoms with E-state index in [0.29, 0.717) is 0 Å². The molecule has 0 aliphatic rings. The number of halogens is 14. The van der Waals surface area contributed by atoms with Gasteiger partial charge in [-0.3, -0.25) is 4.72 Å². The quantitative estimate of drug-likeness (QED) is 0.394.